The summed E-state index contributed by atoms with van der Waals surface area (Å²) in [6.45, 7) is 2.42. The monoisotopic (exact) mass is 277 g/mol. The third-order valence-corrected chi connectivity index (χ3v) is 4.13. The zero-order valence-corrected chi connectivity index (χ0v) is 11.3. The van der Waals surface area contributed by atoms with E-state index in [-0.39, 0.29) is 0 Å². The molecule has 0 bridgehead atoms. The molecule has 0 radical (unpaired) electrons. The SMILES string of the molecule is Cc1cnc(Sc2nc3sccn3c2CN)nc1. The van der Waals surface area contributed by atoms with E-state index in [2.05, 4.69) is 15.0 Å². The number of imidazole rings is 1. The minimum absolute atomic E-state index is 0.450. The second-order valence-corrected chi connectivity index (χ2v) is 5.60. The van der Waals surface area contributed by atoms with Gasteiger partial charge < -0.3 is 5.73 Å². The lowest BCUT2D eigenvalue weighted by Crippen LogP contribution is -2.01. The summed E-state index contributed by atoms with van der Waals surface area (Å²) in [5, 5.41) is 3.58. The molecule has 18 heavy (non-hydrogen) atoms. The van der Waals surface area contributed by atoms with Crippen molar-refractivity contribution in [2.75, 3.05) is 0 Å². The third kappa shape index (κ3) is 2.00. The highest BCUT2D eigenvalue weighted by atomic mass is 32.2. The zero-order valence-electron chi connectivity index (χ0n) is 9.70. The fourth-order valence-corrected chi connectivity index (χ4v) is 3.21. The van der Waals surface area contributed by atoms with Gasteiger partial charge >= 0.3 is 0 Å². The Hall–Kier alpha value is -1.44. The molecule has 0 unspecified atom stereocenters. The molecule has 0 amide bonds. The second-order valence-electron chi connectivity index (χ2n) is 3.77. The Morgan fingerprint density at radius 1 is 1.39 bits per heavy atom. The van der Waals surface area contributed by atoms with Gasteiger partial charge in [0, 0.05) is 30.5 Å². The molecule has 3 heterocycles. The molecule has 0 aliphatic rings. The van der Waals surface area contributed by atoms with Crippen molar-refractivity contribution in [3.63, 3.8) is 0 Å². The third-order valence-electron chi connectivity index (χ3n) is 2.46. The Morgan fingerprint density at radius 3 is 2.89 bits per heavy atom. The maximum absolute atomic E-state index is 5.79. The summed E-state index contributed by atoms with van der Waals surface area (Å²) in [4.78, 5) is 14.0. The smallest absolute Gasteiger partial charge is 0.194 e. The molecule has 0 saturated heterocycles. The molecule has 92 valence electrons. The van der Waals surface area contributed by atoms with E-state index in [0.717, 1.165) is 21.2 Å². The maximum atomic E-state index is 5.79. The van der Waals surface area contributed by atoms with Crippen LogP contribution in [-0.2, 0) is 6.54 Å². The molecular formula is C11H11N5S2. The van der Waals surface area contributed by atoms with Crippen LogP contribution < -0.4 is 5.73 Å². The van der Waals surface area contributed by atoms with Gasteiger partial charge in [0.05, 0.1) is 5.69 Å². The quantitative estimate of drug-likeness (QED) is 0.742. The number of nitrogens with zero attached hydrogens (tertiary/aromatic N) is 4. The van der Waals surface area contributed by atoms with Crippen LogP contribution in [0.15, 0.2) is 34.2 Å². The predicted octanol–water partition coefficient (Wildman–Crippen LogP) is 2.10. The summed E-state index contributed by atoms with van der Waals surface area (Å²) < 4.78 is 2.02. The fraction of sp³-hybridized carbons (Fsp3) is 0.182. The standard InChI is InChI=1S/C11H11N5S2/c1-7-5-13-10(14-6-7)18-9-8(4-12)16-2-3-17-11(16)15-9/h2-3,5-6H,4,12H2,1H3. The van der Waals surface area contributed by atoms with Crippen LogP contribution in [0.5, 0.6) is 0 Å². The average molecular weight is 277 g/mol. The maximum Gasteiger partial charge on any atom is 0.194 e. The van der Waals surface area contributed by atoms with Gasteiger partial charge in [0.25, 0.3) is 0 Å². The van der Waals surface area contributed by atoms with Crippen molar-refractivity contribution in [3.05, 3.63) is 35.2 Å². The first kappa shape index (κ1) is 11.6. The number of thiazole rings is 1. The Bertz CT molecular complexity index is 670. The number of hydrogen-bond acceptors (Lipinski definition) is 6. The molecule has 5 nitrogen and oxygen atoms in total. The first-order valence-electron chi connectivity index (χ1n) is 5.39. The van der Waals surface area contributed by atoms with Gasteiger partial charge in [-0.05, 0) is 24.2 Å². The number of fused-ring (bicyclic) bond motifs is 1. The van der Waals surface area contributed by atoms with Gasteiger partial charge in [0.1, 0.15) is 5.03 Å². The Kier molecular flexibility index (Phi) is 3.02. The number of hydrogen-bond donors (Lipinski definition) is 1. The van der Waals surface area contributed by atoms with Crippen LogP contribution in [-0.4, -0.2) is 19.4 Å². The highest BCUT2D eigenvalue weighted by molar-refractivity contribution is 7.99. The summed E-state index contributed by atoms with van der Waals surface area (Å²) in [5.41, 5.74) is 7.83. The summed E-state index contributed by atoms with van der Waals surface area (Å²) >= 11 is 3.04. The minimum atomic E-state index is 0.450. The first-order chi connectivity index (χ1) is 8.78. The van der Waals surface area contributed by atoms with Crippen molar-refractivity contribution in [1.82, 2.24) is 19.4 Å². The van der Waals surface area contributed by atoms with E-state index in [1.54, 1.807) is 23.7 Å². The van der Waals surface area contributed by atoms with Crippen LogP contribution in [0.1, 0.15) is 11.3 Å². The molecule has 2 N–H and O–H groups in total. The number of rotatable bonds is 3. The van der Waals surface area contributed by atoms with Crippen molar-refractivity contribution in [2.24, 2.45) is 5.73 Å². The Morgan fingerprint density at radius 2 is 2.17 bits per heavy atom. The first-order valence-corrected chi connectivity index (χ1v) is 7.08. The van der Waals surface area contributed by atoms with E-state index in [1.807, 2.05) is 22.9 Å². The largest absolute Gasteiger partial charge is 0.325 e. The average Bonchev–Trinajstić information content (AvgIpc) is 2.92. The fourth-order valence-electron chi connectivity index (χ4n) is 1.60. The van der Waals surface area contributed by atoms with E-state index in [1.165, 1.54) is 11.8 Å². The highest BCUT2D eigenvalue weighted by Crippen LogP contribution is 2.29. The van der Waals surface area contributed by atoms with Crippen molar-refractivity contribution >= 4 is 28.1 Å². The van der Waals surface area contributed by atoms with Gasteiger partial charge in [-0.1, -0.05) is 0 Å². The molecule has 0 atom stereocenters. The van der Waals surface area contributed by atoms with Gasteiger partial charge in [-0.25, -0.2) is 15.0 Å². The van der Waals surface area contributed by atoms with Crippen molar-refractivity contribution < 1.29 is 0 Å². The van der Waals surface area contributed by atoms with Crippen LogP contribution in [0.4, 0.5) is 0 Å². The Labute approximate surface area is 112 Å². The zero-order chi connectivity index (χ0) is 12.5. The highest BCUT2D eigenvalue weighted by Gasteiger charge is 2.14. The molecule has 0 aliphatic heterocycles. The van der Waals surface area contributed by atoms with Gasteiger partial charge in [-0.2, -0.15) is 0 Å². The van der Waals surface area contributed by atoms with Crippen LogP contribution >= 0.6 is 23.1 Å². The van der Waals surface area contributed by atoms with Crippen LogP contribution in [0.3, 0.4) is 0 Å². The lowest BCUT2D eigenvalue weighted by atomic mass is 10.4. The molecular weight excluding hydrogens is 266 g/mol. The van der Waals surface area contributed by atoms with Gasteiger partial charge in [-0.3, -0.25) is 4.40 Å². The van der Waals surface area contributed by atoms with Gasteiger partial charge in [0.15, 0.2) is 10.1 Å². The topological polar surface area (TPSA) is 69.1 Å². The lowest BCUT2D eigenvalue weighted by molar-refractivity contribution is 0.911. The summed E-state index contributed by atoms with van der Waals surface area (Å²) in [6, 6.07) is 0. The van der Waals surface area contributed by atoms with Crippen molar-refractivity contribution in [2.45, 2.75) is 23.7 Å². The van der Waals surface area contributed by atoms with Crippen molar-refractivity contribution in [1.29, 1.82) is 0 Å². The molecule has 3 aromatic rings. The van der Waals surface area contributed by atoms with E-state index >= 15 is 0 Å². The predicted molar refractivity (Wildman–Crippen MR) is 71.9 cm³/mol. The van der Waals surface area contributed by atoms with Crippen LogP contribution in [0.25, 0.3) is 4.96 Å². The Balaban J connectivity index is 1.98. The van der Waals surface area contributed by atoms with Gasteiger partial charge in [0.2, 0.25) is 0 Å². The molecule has 0 aliphatic carbocycles. The second kappa shape index (κ2) is 4.68. The molecule has 0 saturated carbocycles. The van der Waals surface area contributed by atoms with Crippen molar-refractivity contribution in [3.8, 4) is 0 Å². The van der Waals surface area contributed by atoms with Crippen LogP contribution in [0, 0.1) is 6.92 Å². The van der Waals surface area contributed by atoms with Crippen LogP contribution in [0.2, 0.25) is 0 Å². The molecule has 3 rings (SSSR count). The summed E-state index contributed by atoms with van der Waals surface area (Å²) in [7, 11) is 0. The molecule has 3 aromatic heterocycles. The number of nitrogens with two attached hydrogens (primary N) is 1. The van der Waals surface area contributed by atoms with E-state index < -0.39 is 0 Å². The van der Waals surface area contributed by atoms with Gasteiger partial charge in [-0.15, -0.1) is 11.3 Å². The lowest BCUT2D eigenvalue weighted by Gasteiger charge is -2.00. The van der Waals surface area contributed by atoms with E-state index in [4.69, 9.17) is 5.73 Å². The molecule has 0 fully saturated rings. The molecule has 0 spiro atoms. The molecule has 7 heteroatoms. The normalized spacial score (nSPS) is 11.2. The van der Waals surface area contributed by atoms with E-state index in [0.29, 0.717) is 11.7 Å². The summed E-state index contributed by atoms with van der Waals surface area (Å²) in [5.74, 6) is 0. The summed E-state index contributed by atoms with van der Waals surface area (Å²) in [6.07, 6.45) is 5.58. The number of aryl methyl sites for hydroxylation is 1. The van der Waals surface area contributed by atoms with E-state index in [9.17, 15) is 0 Å². The minimum Gasteiger partial charge on any atom is -0.325 e. The number of aromatic nitrogens is 4. The molecule has 0 aromatic carbocycles.